The highest BCUT2D eigenvalue weighted by Crippen LogP contribution is 2.33. The van der Waals surface area contributed by atoms with Crippen LogP contribution in [0.3, 0.4) is 0 Å². The summed E-state index contributed by atoms with van der Waals surface area (Å²) in [5, 5.41) is 16.8. The molecular weight excluding hydrogens is 442 g/mol. The predicted octanol–water partition coefficient (Wildman–Crippen LogP) is 4.55. The summed E-state index contributed by atoms with van der Waals surface area (Å²) in [4.78, 5) is 25.6. The molecular formula is C23H27N5O2S2. The number of benzene rings is 1. The van der Waals surface area contributed by atoms with Gasteiger partial charge in [-0.25, -0.2) is 4.79 Å². The van der Waals surface area contributed by atoms with Crippen LogP contribution in [0.5, 0.6) is 0 Å². The second kappa shape index (κ2) is 11.3. The van der Waals surface area contributed by atoms with E-state index in [0.29, 0.717) is 12.6 Å². The number of urea groups is 1. The largest absolute Gasteiger partial charge is 0.334 e. The molecule has 0 atom stereocenters. The van der Waals surface area contributed by atoms with Crippen LogP contribution in [0.2, 0.25) is 0 Å². The van der Waals surface area contributed by atoms with Crippen molar-refractivity contribution in [3.63, 3.8) is 0 Å². The standard InChI is InChI=1S/C23H27N5O2S2/c29-21(25-22(30)24-15-17-8-3-1-4-9-17)16-32-23-27-26-20(14-19-12-7-13-31-19)28(23)18-10-5-2-6-11-18/h1,3-4,7-9,12-13,18H,2,5-6,10-11,14-16H2,(H2,24,25,29,30). The van der Waals surface area contributed by atoms with Crippen molar-refractivity contribution < 1.29 is 9.59 Å². The van der Waals surface area contributed by atoms with Crippen molar-refractivity contribution in [2.24, 2.45) is 0 Å². The molecule has 0 unspecified atom stereocenters. The van der Waals surface area contributed by atoms with Gasteiger partial charge in [0.15, 0.2) is 5.16 Å². The molecule has 0 aliphatic heterocycles. The van der Waals surface area contributed by atoms with Crippen molar-refractivity contribution in [2.45, 2.75) is 56.3 Å². The Bertz CT molecular complexity index is 1010. The number of amides is 3. The Labute approximate surface area is 196 Å². The first kappa shape index (κ1) is 22.5. The number of carbonyl (C=O) groups excluding carboxylic acids is 2. The number of rotatable bonds is 8. The van der Waals surface area contributed by atoms with Crippen molar-refractivity contribution in [3.05, 3.63) is 64.1 Å². The van der Waals surface area contributed by atoms with E-state index in [9.17, 15) is 9.59 Å². The molecule has 0 spiro atoms. The van der Waals surface area contributed by atoms with E-state index < -0.39 is 6.03 Å². The highest BCUT2D eigenvalue weighted by molar-refractivity contribution is 7.99. The normalized spacial score (nSPS) is 14.2. The number of nitrogens with one attached hydrogen (secondary N) is 2. The van der Waals surface area contributed by atoms with E-state index in [4.69, 9.17) is 0 Å². The summed E-state index contributed by atoms with van der Waals surface area (Å²) in [6.07, 6.45) is 6.63. The molecule has 2 heterocycles. The molecule has 1 aliphatic carbocycles. The summed E-state index contributed by atoms with van der Waals surface area (Å²) in [7, 11) is 0. The van der Waals surface area contributed by atoms with Crippen molar-refractivity contribution in [3.8, 4) is 0 Å². The lowest BCUT2D eigenvalue weighted by atomic mass is 9.95. The maximum Gasteiger partial charge on any atom is 0.321 e. The third-order valence-electron chi connectivity index (χ3n) is 5.47. The Morgan fingerprint density at radius 2 is 1.88 bits per heavy atom. The van der Waals surface area contributed by atoms with Gasteiger partial charge in [-0.3, -0.25) is 10.1 Å². The summed E-state index contributed by atoms with van der Waals surface area (Å²) in [5.74, 6) is 0.712. The Morgan fingerprint density at radius 3 is 2.62 bits per heavy atom. The first-order valence-electron chi connectivity index (χ1n) is 10.9. The molecule has 4 rings (SSSR count). The van der Waals surface area contributed by atoms with Crippen LogP contribution in [0.1, 0.15) is 54.4 Å². The smallest absolute Gasteiger partial charge is 0.321 e. The predicted molar refractivity (Wildman–Crippen MR) is 127 cm³/mol. The van der Waals surface area contributed by atoms with Gasteiger partial charge in [0, 0.05) is 23.9 Å². The lowest BCUT2D eigenvalue weighted by Crippen LogP contribution is -2.40. The molecule has 2 N–H and O–H groups in total. The van der Waals surface area contributed by atoms with Gasteiger partial charge in [0.2, 0.25) is 5.91 Å². The second-order valence-electron chi connectivity index (χ2n) is 7.82. The zero-order valence-corrected chi connectivity index (χ0v) is 19.5. The van der Waals surface area contributed by atoms with Crippen LogP contribution < -0.4 is 10.6 Å². The average molecular weight is 470 g/mol. The Kier molecular flexibility index (Phi) is 7.95. The third-order valence-corrected chi connectivity index (χ3v) is 7.29. The minimum absolute atomic E-state index is 0.114. The number of thioether (sulfide) groups is 1. The van der Waals surface area contributed by atoms with Gasteiger partial charge >= 0.3 is 6.03 Å². The highest BCUT2D eigenvalue weighted by Gasteiger charge is 2.24. The average Bonchev–Trinajstić information content (AvgIpc) is 3.48. The number of aromatic nitrogens is 3. The quantitative estimate of drug-likeness (QED) is 0.472. The van der Waals surface area contributed by atoms with Gasteiger partial charge in [-0.2, -0.15) is 0 Å². The molecule has 2 aromatic heterocycles. The number of hydrogen-bond acceptors (Lipinski definition) is 6. The molecule has 32 heavy (non-hydrogen) atoms. The van der Waals surface area contributed by atoms with Crippen LogP contribution in [0, 0.1) is 0 Å². The SMILES string of the molecule is O=C(CSc1nnc(Cc2cccs2)n1C1CCCCC1)NC(=O)NCc1ccccc1. The Morgan fingerprint density at radius 1 is 1.06 bits per heavy atom. The number of nitrogens with zero attached hydrogens (tertiary/aromatic N) is 3. The number of imide groups is 1. The molecule has 0 bridgehead atoms. The van der Waals surface area contributed by atoms with E-state index in [2.05, 4.69) is 36.8 Å². The van der Waals surface area contributed by atoms with Gasteiger partial charge in [0.05, 0.1) is 5.75 Å². The van der Waals surface area contributed by atoms with E-state index in [1.807, 2.05) is 36.4 Å². The molecule has 0 radical (unpaired) electrons. The number of thiophene rings is 1. The first-order valence-corrected chi connectivity index (χ1v) is 12.8. The number of carbonyl (C=O) groups is 2. The third kappa shape index (κ3) is 6.20. The molecule has 168 valence electrons. The molecule has 3 aromatic rings. The summed E-state index contributed by atoms with van der Waals surface area (Å²) >= 11 is 3.05. The van der Waals surface area contributed by atoms with Gasteiger partial charge in [0.25, 0.3) is 0 Å². The Balaban J connectivity index is 1.35. The monoisotopic (exact) mass is 469 g/mol. The van der Waals surface area contributed by atoms with Gasteiger partial charge in [-0.15, -0.1) is 21.5 Å². The van der Waals surface area contributed by atoms with Crippen LogP contribution in [0.15, 0.2) is 53.0 Å². The van der Waals surface area contributed by atoms with Crippen molar-refractivity contribution in [1.82, 2.24) is 25.4 Å². The zero-order chi connectivity index (χ0) is 22.2. The topological polar surface area (TPSA) is 88.9 Å². The van der Waals surface area contributed by atoms with Crippen LogP contribution >= 0.6 is 23.1 Å². The molecule has 3 amide bonds. The molecule has 9 heteroatoms. The lowest BCUT2D eigenvalue weighted by molar-refractivity contribution is -0.117. The first-order chi connectivity index (χ1) is 15.7. The van der Waals surface area contributed by atoms with Gasteiger partial charge in [0.1, 0.15) is 5.82 Å². The summed E-state index contributed by atoms with van der Waals surface area (Å²) in [6, 6.07) is 13.6. The Hall–Kier alpha value is -2.65. The molecule has 1 aromatic carbocycles. The minimum atomic E-state index is -0.494. The van der Waals surface area contributed by atoms with Crippen LogP contribution in [0.4, 0.5) is 4.79 Å². The van der Waals surface area contributed by atoms with Crippen LogP contribution in [-0.2, 0) is 17.8 Å². The van der Waals surface area contributed by atoms with E-state index in [-0.39, 0.29) is 11.7 Å². The second-order valence-corrected chi connectivity index (χ2v) is 9.80. The van der Waals surface area contributed by atoms with Crippen molar-refractivity contribution in [1.29, 1.82) is 0 Å². The van der Waals surface area contributed by atoms with Crippen LogP contribution in [-0.4, -0.2) is 32.5 Å². The van der Waals surface area contributed by atoms with E-state index in [0.717, 1.165) is 35.8 Å². The van der Waals surface area contributed by atoms with Crippen molar-refractivity contribution >= 4 is 35.0 Å². The maximum atomic E-state index is 12.3. The summed E-state index contributed by atoms with van der Waals surface area (Å²) < 4.78 is 2.23. The molecule has 1 fully saturated rings. The highest BCUT2D eigenvalue weighted by atomic mass is 32.2. The van der Waals surface area contributed by atoms with Gasteiger partial charge in [-0.05, 0) is 29.9 Å². The van der Waals surface area contributed by atoms with Crippen molar-refractivity contribution in [2.75, 3.05) is 5.75 Å². The number of hydrogen-bond donors (Lipinski definition) is 2. The summed E-state index contributed by atoms with van der Waals surface area (Å²) in [5.41, 5.74) is 0.975. The van der Waals surface area contributed by atoms with Gasteiger partial charge in [-0.1, -0.05) is 67.4 Å². The maximum absolute atomic E-state index is 12.3. The molecule has 1 saturated carbocycles. The van der Waals surface area contributed by atoms with Gasteiger partial charge < -0.3 is 9.88 Å². The van der Waals surface area contributed by atoms with E-state index in [1.54, 1.807) is 11.3 Å². The fraction of sp³-hybridized carbons (Fsp3) is 0.391. The zero-order valence-electron chi connectivity index (χ0n) is 17.8. The van der Waals surface area contributed by atoms with E-state index >= 15 is 0 Å². The summed E-state index contributed by atoms with van der Waals surface area (Å²) in [6.45, 7) is 0.370. The molecule has 7 nitrogen and oxygen atoms in total. The molecule has 0 saturated heterocycles. The molecule has 1 aliphatic rings. The van der Waals surface area contributed by atoms with E-state index in [1.165, 1.54) is 35.9 Å². The fourth-order valence-electron chi connectivity index (χ4n) is 3.92. The lowest BCUT2D eigenvalue weighted by Gasteiger charge is -2.25. The minimum Gasteiger partial charge on any atom is -0.334 e. The fourth-order valence-corrected chi connectivity index (χ4v) is 5.44. The van der Waals surface area contributed by atoms with Crippen LogP contribution in [0.25, 0.3) is 0 Å².